The summed E-state index contributed by atoms with van der Waals surface area (Å²) in [7, 11) is 0. The molecule has 0 aromatic carbocycles. The molecule has 0 N–H and O–H groups in total. The molecule has 21 heavy (non-hydrogen) atoms. The van der Waals surface area contributed by atoms with E-state index < -0.39 is 0 Å². The molecule has 0 bridgehead atoms. The maximum absolute atomic E-state index is 12.9. The van der Waals surface area contributed by atoms with Crippen molar-refractivity contribution in [3.8, 4) is 0 Å². The van der Waals surface area contributed by atoms with Gasteiger partial charge in [0.05, 0.1) is 12.5 Å². The molecule has 2 heterocycles. The zero-order valence-corrected chi connectivity index (χ0v) is 12.9. The summed E-state index contributed by atoms with van der Waals surface area (Å²) < 4.78 is 5.22. The van der Waals surface area contributed by atoms with Crippen molar-refractivity contribution in [3.05, 3.63) is 35.3 Å². The first-order valence-corrected chi connectivity index (χ1v) is 8.30. The smallest absolute Gasteiger partial charge is 0.163 e. The third-order valence-electron chi connectivity index (χ3n) is 4.93. The highest BCUT2D eigenvalue weighted by atomic mass is 16.5. The van der Waals surface area contributed by atoms with Gasteiger partial charge >= 0.3 is 0 Å². The van der Waals surface area contributed by atoms with Crippen LogP contribution in [0.15, 0.2) is 35.3 Å². The first kappa shape index (κ1) is 14.6. The van der Waals surface area contributed by atoms with Gasteiger partial charge in [0.25, 0.3) is 0 Å². The molecule has 0 amide bonds. The Morgan fingerprint density at radius 2 is 2.10 bits per heavy atom. The predicted octanol–water partition coefficient (Wildman–Crippen LogP) is 3.59. The molecule has 2 aliphatic heterocycles. The Kier molecular flexibility index (Phi) is 4.59. The molecule has 0 spiro atoms. The number of carbonyl (C=O) groups excluding carboxylic acids is 1. The van der Waals surface area contributed by atoms with E-state index in [1.807, 2.05) is 6.08 Å². The van der Waals surface area contributed by atoms with E-state index in [0.29, 0.717) is 5.78 Å². The monoisotopic (exact) mass is 287 g/mol. The van der Waals surface area contributed by atoms with Gasteiger partial charge in [-0.15, -0.1) is 0 Å². The first-order valence-electron chi connectivity index (χ1n) is 8.30. The Balaban J connectivity index is 1.71. The number of nitrogens with zero attached hydrogens (tertiary/aromatic N) is 1. The average molecular weight is 287 g/mol. The Bertz CT molecular complexity index is 495. The van der Waals surface area contributed by atoms with Gasteiger partial charge in [-0.05, 0) is 62.4 Å². The van der Waals surface area contributed by atoms with Gasteiger partial charge in [-0.1, -0.05) is 13.3 Å². The van der Waals surface area contributed by atoms with E-state index in [9.17, 15) is 4.79 Å². The third-order valence-corrected chi connectivity index (χ3v) is 4.93. The van der Waals surface area contributed by atoms with E-state index in [4.69, 9.17) is 4.74 Å². The van der Waals surface area contributed by atoms with Crippen molar-refractivity contribution < 1.29 is 9.53 Å². The van der Waals surface area contributed by atoms with E-state index in [1.54, 1.807) is 12.5 Å². The van der Waals surface area contributed by atoms with Crippen LogP contribution < -0.4 is 0 Å². The normalized spacial score (nSPS) is 23.6. The molecule has 1 atom stereocenters. The van der Waals surface area contributed by atoms with Crippen LogP contribution in [-0.2, 0) is 9.53 Å². The summed E-state index contributed by atoms with van der Waals surface area (Å²) >= 11 is 0. The molecule has 114 valence electrons. The van der Waals surface area contributed by atoms with Crippen LogP contribution in [0, 0.1) is 5.92 Å². The van der Waals surface area contributed by atoms with Gasteiger partial charge < -0.3 is 9.64 Å². The molecule has 1 aliphatic carbocycles. The Hall–Kier alpha value is -1.35. The summed E-state index contributed by atoms with van der Waals surface area (Å²) in [5, 5.41) is 0. The number of allylic oxidation sites excluding steroid dienone is 4. The fourth-order valence-electron chi connectivity index (χ4n) is 3.63. The Labute approximate surface area is 127 Å². The van der Waals surface area contributed by atoms with Crippen LogP contribution in [-0.4, -0.2) is 30.3 Å². The summed E-state index contributed by atoms with van der Waals surface area (Å²) in [6.07, 6.45) is 12.1. The van der Waals surface area contributed by atoms with Crippen molar-refractivity contribution in [3.63, 3.8) is 0 Å². The summed E-state index contributed by atoms with van der Waals surface area (Å²) in [4.78, 5) is 15.4. The number of ketones is 1. The lowest BCUT2D eigenvalue weighted by Crippen LogP contribution is -2.37. The summed E-state index contributed by atoms with van der Waals surface area (Å²) in [6.45, 7) is 5.40. The number of piperidine rings is 1. The molecule has 1 fully saturated rings. The van der Waals surface area contributed by atoms with Crippen molar-refractivity contribution in [1.29, 1.82) is 0 Å². The second-order valence-electron chi connectivity index (χ2n) is 6.30. The zero-order chi connectivity index (χ0) is 14.7. The summed E-state index contributed by atoms with van der Waals surface area (Å²) in [6, 6.07) is 0. The van der Waals surface area contributed by atoms with Gasteiger partial charge in [0, 0.05) is 18.0 Å². The predicted molar refractivity (Wildman–Crippen MR) is 83.6 cm³/mol. The largest absolute Gasteiger partial charge is 0.472 e. The van der Waals surface area contributed by atoms with Crippen molar-refractivity contribution in [1.82, 2.24) is 4.90 Å². The van der Waals surface area contributed by atoms with Gasteiger partial charge in [-0.2, -0.15) is 0 Å². The van der Waals surface area contributed by atoms with Crippen LogP contribution in [0.5, 0.6) is 0 Å². The van der Waals surface area contributed by atoms with Crippen molar-refractivity contribution in [2.24, 2.45) is 5.92 Å². The molecule has 0 aromatic heterocycles. The minimum absolute atomic E-state index is 0.154. The number of fused-ring (bicyclic) bond motifs is 1. The van der Waals surface area contributed by atoms with Crippen molar-refractivity contribution in [2.75, 3.05) is 19.6 Å². The molecular formula is C18H25NO2. The van der Waals surface area contributed by atoms with E-state index in [1.165, 1.54) is 24.8 Å². The maximum Gasteiger partial charge on any atom is 0.163 e. The number of hydrogen-bond donors (Lipinski definition) is 0. The van der Waals surface area contributed by atoms with Crippen LogP contribution in [0.4, 0.5) is 0 Å². The van der Waals surface area contributed by atoms with Gasteiger partial charge in [-0.3, -0.25) is 4.79 Å². The minimum atomic E-state index is 0.154. The maximum atomic E-state index is 12.9. The molecule has 0 aromatic rings. The van der Waals surface area contributed by atoms with Gasteiger partial charge in [0.1, 0.15) is 0 Å². The quantitative estimate of drug-likeness (QED) is 0.774. The second kappa shape index (κ2) is 6.61. The molecule has 0 saturated carbocycles. The number of carbonyl (C=O) groups is 1. The van der Waals surface area contributed by atoms with Gasteiger partial charge in [-0.25, -0.2) is 0 Å². The average Bonchev–Trinajstić information content (AvgIpc) is 2.97. The third kappa shape index (κ3) is 3.13. The lowest BCUT2D eigenvalue weighted by molar-refractivity contribution is -0.120. The molecule has 3 heteroatoms. The molecule has 3 nitrogen and oxygen atoms in total. The lowest BCUT2D eigenvalue weighted by Gasteiger charge is -2.29. The number of likely N-dealkylation sites (tertiary alicyclic amines) is 1. The van der Waals surface area contributed by atoms with Gasteiger partial charge in [0.2, 0.25) is 0 Å². The number of rotatable bonds is 5. The molecule has 0 radical (unpaired) electrons. The standard InChI is InChI=1S/C18H25NO2/c1-2-14(12-19-9-4-3-5-10-19)18(20)17-7-6-15-13-21-11-8-16(15)17/h8,11,13-14H,2-7,9-10,12H2,1H3. The van der Waals surface area contributed by atoms with Crippen LogP contribution >= 0.6 is 0 Å². The topological polar surface area (TPSA) is 29.5 Å². The highest BCUT2D eigenvalue weighted by Crippen LogP contribution is 2.36. The number of ether oxygens (including phenoxy) is 1. The highest BCUT2D eigenvalue weighted by Gasteiger charge is 2.30. The van der Waals surface area contributed by atoms with Crippen LogP contribution in [0.3, 0.4) is 0 Å². The van der Waals surface area contributed by atoms with Crippen LogP contribution in [0.1, 0.15) is 45.4 Å². The second-order valence-corrected chi connectivity index (χ2v) is 6.30. The minimum Gasteiger partial charge on any atom is -0.472 e. The van der Waals surface area contributed by atoms with E-state index in [-0.39, 0.29) is 5.92 Å². The van der Waals surface area contributed by atoms with E-state index in [0.717, 1.165) is 50.0 Å². The fraction of sp³-hybridized carbons (Fsp3) is 0.611. The van der Waals surface area contributed by atoms with E-state index in [2.05, 4.69) is 11.8 Å². The van der Waals surface area contributed by atoms with Crippen molar-refractivity contribution >= 4 is 5.78 Å². The summed E-state index contributed by atoms with van der Waals surface area (Å²) in [5.74, 6) is 0.522. The van der Waals surface area contributed by atoms with Gasteiger partial charge in [0.15, 0.2) is 5.78 Å². The van der Waals surface area contributed by atoms with Crippen LogP contribution in [0.25, 0.3) is 0 Å². The highest BCUT2D eigenvalue weighted by molar-refractivity contribution is 6.00. The van der Waals surface area contributed by atoms with E-state index >= 15 is 0 Å². The first-order chi connectivity index (χ1) is 10.3. The van der Waals surface area contributed by atoms with Crippen molar-refractivity contribution in [2.45, 2.75) is 45.4 Å². The molecule has 1 unspecified atom stereocenters. The Morgan fingerprint density at radius 3 is 2.86 bits per heavy atom. The fourth-order valence-corrected chi connectivity index (χ4v) is 3.63. The molecule has 3 rings (SSSR count). The lowest BCUT2D eigenvalue weighted by atomic mass is 9.91. The summed E-state index contributed by atoms with van der Waals surface area (Å²) in [5.41, 5.74) is 3.35. The molecule has 1 saturated heterocycles. The zero-order valence-electron chi connectivity index (χ0n) is 12.9. The SMILES string of the molecule is CCC(CN1CCCCC1)C(=O)C1=C2C=COC=C2CC1. The molecular weight excluding hydrogens is 262 g/mol. The molecule has 3 aliphatic rings. The van der Waals surface area contributed by atoms with Crippen LogP contribution in [0.2, 0.25) is 0 Å². The number of Topliss-reactive ketones (excluding diaryl/α,β-unsaturated/α-hetero) is 1. The Morgan fingerprint density at radius 1 is 1.29 bits per heavy atom. The number of hydrogen-bond acceptors (Lipinski definition) is 3.